The van der Waals surface area contributed by atoms with Crippen LogP contribution in [0, 0.1) is 25.1 Å². The van der Waals surface area contributed by atoms with Crippen molar-refractivity contribution in [2.75, 3.05) is 19.6 Å². The van der Waals surface area contributed by atoms with Gasteiger partial charge in [0.25, 0.3) is 5.91 Å². The Morgan fingerprint density at radius 3 is 2.57 bits per heavy atom. The molecule has 0 unspecified atom stereocenters. The Balaban J connectivity index is 1.41. The number of carbonyl (C=O) groups excluding carboxylic acids is 2. The number of nitrogens with zero attached hydrogens (tertiary/aromatic N) is 3. The van der Waals surface area contributed by atoms with Gasteiger partial charge in [0.1, 0.15) is 17.1 Å². The molecular weight excluding hydrogens is 361 g/mol. The van der Waals surface area contributed by atoms with Gasteiger partial charge in [-0.1, -0.05) is 17.3 Å². The molecule has 3 heterocycles. The number of carbonyl (C=O) groups is 2. The lowest BCUT2D eigenvalue weighted by Gasteiger charge is -2.38. The van der Waals surface area contributed by atoms with Crippen LogP contribution in [0.25, 0.3) is 0 Å². The van der Waals surface area contributed by atoms with Crippen molar-refractivity contribution in [3.8, 4) is 0 Å². The van der Waals surface area contributed by atoms with Crippen LogP contribution in [0.4, 0.5) is 4.39 Å². The van der Waals surface area contributed by atoms with E-state index in [0.29, 0.717) is 56.0 Å². The average Bonchev–Trinajstić information content (AvgIpc) is 3.16. The van der Waals surface area contributed by atoms with Gasteiger partial charge in [-0.15, -0.1) is 0 Å². The largest absolute Gasteiger partial charge is 0.361 e. The number of amides is 2. The van der Waals surface area contributed by atoms with Gasteiger partial charge in [0.05, 0.1) is 11.1 Å². The number of aryl methyl sites for hydroxylation is 2. The van der Waals surface area contributed by atoms with Crippen LogP contribution in [0.2, 0.25) is 0 Å². The molecule has 4 rings (SSSR count). The summed E-state index contributed by atoms with van der Waals surface area (Å²) in [6.45, 7) is 5.70. The van der Waals surface area contributed by atoms with E-state index in [9.17, 15) is 14.0 Å². The molecule has 28 heavy (non-hydrogen) atoms. The Bertz CT molecular complexity index is 896. The lowest BCUT2D eigenvalue weighted by molar-refractivity contribution is -0.138. The number of hydrogen-bond donors (Lipinski definition) is 0. The zero-order valence-electron chi connectivity index (χ0n) is 16.2. The first-order chi connectivity index (χ1) is 13.4. The molecule has 2 fully saturated rings. The molecule has 1 aromatic carbocycles. The van der Waals surface area contributed by atoms with Crippen molar-refractivity contribution in [3.05, 3.63) is 52.7 Å². The van der Waals surface area contributed by atoms with E-state index in [1.54, 1.807) is 24.8 Å². The second kappa shape index (κ2) is 7.04. The van der Waals surface area contributed by atoms with Crippen molar-refractivity contribution in [3.63, 3.8) is 0 Å². The Kier molecular flexibility index (Phi) is 4.69. The second-order valence-corrected chi connectivity index (χ2v) is 7.88. The summed E-state index contributed by atoms with van der Waals surface area (Å²) in [5, 5.41) is 3.86. The van der Waals surface area contributed by atoms with Gasteiger partial charge in [0.15, 0.2) is 0 Å². The smallest absolute Gasteiger partial charge is 0.259 e. The molecule has 2 saturated heterocycles. The topological polar surface area (TPSA) is 66.7 Å². The summed E-state index contributed by atoms with van der Waals surface area (Å²) in [4.78, 5) is 29.5. The zero-order chi connectivity index (χ0) is 19.9. The molecule has 1 aromatic heterocycles. The average molecular weight is 385 g/mol. The van der Waals surface area contributed by atoms with E-state index >= 15 is 0 Å². The summed E-state index contributed by atoms with van der Waals surface area (Å²) in [5.41, 5.74) is 1.53. The molecule has 0 atom stereocenters. The molecule has 0 bridgehead atoms. The van der Waals surface area contributed by atoms with Crippen LogP contribution in [-0.2, 0) is 11.3 Å². The fraction of sp³-hybridized carbons (Fsp3) is 0.476. The van der Waals surface area contributed by atoms with Gasteiger partial charge in [-0.2, -0.15) is 0 Å². The van der Waals surface area contributed by atoms with Crippen LogP contribution < -0.4 is 0 Å². The van der Waals surface area contributed by atoms with E-state index in [4.69, 9.17) is 4.52 Å². The molecule has 0 radical (unpaired) electrons. The lowest BCUT2D eigenvalue weighted by Crippen LogP contribution is -2.46. The highest BCUT2D eigenvalue weighted by molar-refractivity contribution is 5.96. The highest BCUT2D eigenvalue weighted by Crippen LogP contribution is 2.42. The molecule has 0 aliphatic carbocycles. The number of hydrogen-bond acceptors (Lipinski definition) is 4. The van der Waals surface area contributed by atoms with Crippen LogP contribution in [0.1, 0.15) is 46.6 Å². The fourth-order valence-corrected chi connectivity index (χ4v) is 4.45. The van der Waals surface area contributed by atoms with Crippen LogP contribution in [0.15, 0.2) is 28.8 Å². The molecule has 1 spiro atoms. The van der Waals surface area contributed by atoms with Gasteiger partial charge in [-0.25, -0.2) is 4.39 Å². The predicted octanol–water partition coefficient (Wildman–Crippen LogP) is 3.09. The van der Waals surface area contributed by atoms with E-state index in [-0.39, 0.29) is 17.6 Å². The Morgan fingerprint density at radius 1 is 1.21 bits per heavy atom. The first-order valence-corrected chi connectivity index (χ1v) is 9.66. The SMILES string of the molecule is Cc1noc(C)c1C(=O)N1CCC2(CC1)CCN(Cc1cccc(F)c1)C2=O. The van der Waals surface area contributed by atoms with Crippen LogP contribution in [0.5, 0.6) is 0 Å². The van der Waals surface area contributed by atoms with E-state index in [0.717, 1.165) is 12.0 Å². The van der Waals surface area contributed by atoms with Crippen LogP contribution in [-0.4, -0.2) is 46.4 Å². The maximum absolute atomic E-state index is 13.4. The van der Waals surface area contributed by atoms with Gasteiger partial charge in [-0.05, 0) is 50.8 Å². The molecule has 0 saturated carbocycles. The molecule has 0 N–H and O–H groups in total. The van der Waals surface area contributed by atoms with Gasteiger partial charge in [-0.3, -0.25) is 9.59 Å². The molecule has 2 amide bonds. The fourth-order valence-electron chi connectivity index (χ4n) is 4.45. The second-order valence-electron chi connectivity index (χ2n) is 7.88. The van der Waals surface area contributed by atoms with E-state index in [1.807, 2.05) is 11.0 Å². The van der Waals surface area contributed by atoms with Crippen molar-refractivity contribution in [2.24, 2.45) is 5.41 Å². The van der Waals surface area contributed by atoms with Gasteiger partial charge in [0, 0.05) is 26.2 Å². The summed E-state index contributed by atoms with van der Waals surface area (Å²) in [7, 11) is 0. The number of rotatable bonds is 3. The lowest BCUT2D eigenvalue weighted by atomic mass is 9.77. The summed E-state index contributed by atoms with van der Waals surface area (Å²) < 4.78 is 18.5. The third-order valence-electron chi connectivity index (χ3n) is 6.12. The van der Waals surface area contributed by atoms with Crippen molar-refractivity contribution in [1.82, 2.24) is 15.0 Å². The van der Waals surface area contributed by atoms with Crippen LogP contribution in [0.3, 0.4) is 0 Å². The number of aromatic nitrogens is 1. The molecule has 7 heteroatoms. The van der Waals surface area contributed by atoms with Gasteiger partial charge in [0.2, 0.25) is 5.91 Å². The monoisotopic (exact) mass is 385 g/mol. The normalized spacial score (nSPS) is 18.9. The van der Waals surface area contributed by atoms with Crippen LogP contribution >= 0.6 is 0 Å². The Hall–Kier alpha value is -2.70. The Morgan fingerprint density at radius 2 is 1.93 bits per heavy atom. The third kappa shape index (κ3) is 3.19. The maximum Gasteiger partial charge on any atom is 0.259 e. The molecule has 148 valence electrons. The van der Waals surface area contributed by atoms with E-state index in [1.165, 1.54) is 12.1 Å². The summed E-state index contributed by atoms with van der Waals surface area (Å²) in [6, 6.07) is 6.39. The summed E-state index contributed by atoms with van der Waals surface area (Å²) in [5.74, 6) is 0.292. The van der Waals surface area contributed by atoms with Crippen molar-refractivity contribution >= 4 is 11.8 Å². The van der Waals surface area contributed by atoms with Gasteiger partial charge >= 0.3 is 0 Å². The van der Waals surface area contributed by atoms with Gasteiger partial charge < -0.3 is 14.3 Å². The molecular formula is C21H24FN3O3. The first kappa shape index (κ1) is 18.7. The highest BCUT2D eigenvalue weighted by Gasteiger charge is 2.48. The standard InChI is InChI=1S/C21H24FN3O3/c1-14-18(15(2)28-23-14)19(26)24-9-6-21(7-10-24)8-11-25(20(21)27)13-16-4-3-5-17(22)12-16/h3-5,12H,6-11,13H2,1-2H3. The minimum Gasteiger partial charge on any atom is -0.361 e. The number of benzene rings is 1. The van der Waals surface area contributed by atoms with Crippen molar-refractivity contribution in [2.45, 2.75) is 39.7 Å². The number of likely N-dealkylation sites (tertiary alicyclic amines) is 2. The molecule has 2 aliphatic heterocycles. The quantitative estimate of drug-likeness (QED) is 0.814. The minimum absolute atomic E-state index is 0.0758. The highest BCUT2D eigenvalue weighted by atomic mass is 19.1. The van der Waals surface area contributed by atoms with E-state index in [2.05, 4.69) is 5.16 Å². The zero-order valence-corrected chi connectivity index (χ0v) is 16.2. The summed E-state index contributed by atoms with van der Waals surface area (Å²) in [6.07, 6.45) is 2.09. The van der Waals surface area contributed by atoms with Crippen molar-refractivity contribution in [1.29, 1.82) is 0 Å². The number of halogens is 1. The summed E-state index contributed by atoms with van der Waals surface area (Å²) >= 11 is 0. The minimum atomic E-state index is -0.400. The number of piperidine rings is 1. The molecule has 6 nitrogen and oxygen atoms in total. The maximum atomic E-state index is 13.4. The molecule has 2 aliphatic rings. The first-order valence-electron chi connectivity index (χ1n) is 9.66. The van der Waals surface area contributed by atoms with Crippen molar-refractivity contribution < 1.29 is 18.5 Å². The third-order valence-corrected chi connectivity index (χ3v) is 6.12. The predicted molar refractivity (Wildman–Crippen MR) is 100.0 cm³/mol. The Labute approximate surface area is 163 Å². The van der Waals surface area contributed by atoms with E-state index < -0.39 is 5.41 Å². The molecule has 2 aromatic rings.